The van der Waals surface area contributed by atoms with Crippen LogP contribution in [0.5, 0.6) is 0 Å². The van der Waals surface area contributed by atoms with Crippen LogP contribution in [-0.4, -0.2) is 73.1 Å². The lowest BCUT2D eigenvalue weighted by molar-refractivity contribution is -0.164. The van der Waals surface area contributed by atoms with Crippen molar-refractivity contribution in [3.8, 4) is 0 Å². The van der Waals surface area contributed by atoms with E-state index in [-0.39, 0.29) is 23.9 Å². The van der Waals surface area contributed by atoms with Gasteiger partial charge in [-0.1, -0.05) is 179 Å². The van der Waals surface area contributed by atoms with Crippen molar-refractivity contribution in [2.45, 2.75) is 49.4 Å². The zero-order valence-electron chi connectivity index (χ0n) is 37.0. The SMILES string of the molecule is C=C(ON=C(C(=O)NC1C(=O)N2CC(CI)(C(=O)OC(c3ccccc3)c3ccccc3)CS[C@H]12)c1csc(NC(c2ccccc2)(c2ccccc2)c2ccccc2)n1)C(=O)OC(C)(C)C. The van der Waals surface area contributed by atoms with Crippen LogP contribution >= 0.6 is 45.7 Å². The number of amides is 2. The average molecular weight is 1050 g/mol. The first kappa shape index (κ1) is 47.2. The molecule has 3 atom stereocenters. The molecular weight excluding hydrogens is 998 g/mol. The number of thioether (sulfide) groups is 1. The van der Waals surface area contributed by atoms with Gasteiger partial charge in [-0.2, -0.15) is 0 Å². The van der Waals surface area contributed by atoms with Gasteiger partial charge in [-0.3, -0.25) is 14.4 Å². The van der Waals surface area contributed by atoms with Crippen molar-refractivity contribution in [3.05, 3.63) is 203 Å². The molecule has 8 rings (SSSR count). The molecule has 0 saturated carbocycles. The fraction of sp³-hybridized carbons (Fsp3) is 0.231. The zero-order valence-corrected chi connectivity index (χ0v) is 40.8. The van der Waals surface area contributed by atoms with Crippen molar-refractivity contribution in [1.82, 2.24) is 15.2 Å². The molecule has 2 aliphatic heterocycles. The highest BCUT2D eigenvalue weighted by Crippen LogP contribution is 2.45. The Morgan fingerprint density at radius 2 is 1.34 bits per heavy atom. The number of aromatic nitrogens is 1. The van der Waals surface area contributed by atoms with Crippen LogP contribution in [-0.2, 0) is 39.0 Å². The second-order valence-electron chi connectivity index (χ2n) is 17.1. The van der Waals surface area contributed by atoms with Gasteiger partial charge in [0, 0.05) is 22.1 Å². The van der Waals surface area contributed by atoms with Crippen molar-refractivity contribution in [2.24, 2.45) is 10.6 Å². The van der Waals surface area contributed by atoms with Gasteiger partial charge in [0.15, 0.2) is 16.9 Å². The molecule has 12 nitrogen and oxygen atoms in total. The smallest absolute Gasteiger partial charge is 0.376 e. The monoisotopic (exact) mass is 1050 g/mol. The molecule has 342 valence electrons. The summed E-state index contributed by atoms with van der Waals surface area (Å²) < 4.78 is 12.1. The number of nitrogens with one attached hydrogen (secondary N) is 2. The molecule has 0 radical (unpaired) electrons. The third-order valence-electron chi connectivity index (χ3n) is 11.3. The van der Waals surface area contributed by atoms with Gasteiger partial charge in [0.05, 0.1) is 0 Å². The van der Waals surface area contributed by atoms with E-state index in [2.05, 4.69) is 45.0 Å². The molecule has 0 aliphatic carbocycles. The molecule has 6 aromatic rings. The number of esters is 2. The Kier molecular flexibility index (Phi) is 14.3. The minimum atomic E-state index is -1.00. The molecule has 2 saturated heterocycles. The highest BCUT2D eigenvalue weighted by atomic mass is 127. The molecule has 2 N–H and O–H groups in total. The Labute approximate surface area is 411 Å². The number of thiazole rings is 1. The maximum atomic E-state index is 14.4. The summed E-state index contributed by atoms with van der Waals surface area (Å²) in [7, 11) is 0. The maximum Gasteiger partial charge on any atom is 0.376 e. The van der Waals surface area contributed by atoms with Gasteiger partial charge in [0.2, 0.25) is 11.7 Å². The van der Waals surface area contributed by atoms with Crippen LogP contribution in [0, 0.1) is 5.41 Å². The topological polar surface area (TPSA) is 149 Å². The molecule has 67 heavy (non-hydrogen) atoms. The number of β-lactam (4-membered cyclic amide) rings is 1. The molecule has 2 unspecified atom stereocenters. The van der Waals surface area contributed by atoms with Crippen molar-refractivity contribution in [1.29, 1.82) is 0 Å². The minimum absolute atomic E-state index is 0.112. The lowest BCUT2D eigenvalue weighted by Gasteiger charge is -2.53. The van der Waals surface area contributed by atoms with Gasteiger partial charge >= 0.3 is 11.9 Å². The van der Waals surface area contributed by atoms with Gasteiger partial charge in [0.1, 0.15) is 33.7 Å². The van der Waals surface area contributed by atoms with Crippen LogP contribution in [0.15, 0.2) is 175 Å². The Morgan fingerprint density at radius 1 is 0.836 bits per heavy atom. The van der Waals surface area contributed by atoms with Crippen LogP contribution in [0.25, 0.3) is 0 Å². The molecule has 2 fully saturated rings. The zero-order chi connectivity index (χ0) is 47.2. The summed E-state index contributed by atoms with van der Waals surface area (Å²) in [6, 6.07) is 48.1. The molecule has 0 spiro atoms. The van der Waals surface area contributed by atoms with Gasteiger partial charge in [-0.05, 0) is 55.2 Å². The summed E-state index contributed by atoms with van der Waals surface area (Å²) in [6.45, 7) is 8.91. The van der Waals surface area contributed by atoms with E-state index >= 15 is 0 Å². The van der Waals surface area contributed by atoms with Crippen LogP contribution in [0.1, 0.15) is 60.4 Å². The number of fused-ring (bicyclic) bond motifs is 1. The maximum absolute atomic E-state index is 14.4. The van der Waals surface area contributed by atoms with Crippen molar-refractivity contribution in [2.75, 3.05) is 22.0 Å². The molecule has 5 aromatic carbocycles. The molecule has 2 aliphatic rings. The minimum Gasteiger partial charge on any atom is -0.454 e. The van der Waals surface area contributed by atoms with Gasteiger partial charge in [-0.25, -0.2) is 9.78 Å². The van der Waals surface area contributed by atoms with E-state index in [0.717, 1.165) is 27.8 Å². The number of alkyl halides is 1. The fourth-order valence-corrected chi connectivity index (χ4v) is 11.4. The lowest BCUT2D eigenvalue weighted by atomic mass is 9.77. The van der Waals surface area contributed by atoms with Crippen molar-refractivity contribution in [3.63, 3.8) is 0 Å². The molecule has 15 heteroatoms. The summed E-state index contributed by atoms with van der Waals surface area (Å²) in [5.41, 5.74) is 1.52. The standard InChI is InChI=1S/C52H48IN5O7S2/c1-34(47(61)64-50(2,3)4)65-57-41(40-30-66-49(54-40)56-52(37-24-14-7-15-25-37,38-26-16-8-17-27-38)39-28-18-9-19-29-39)44(59)55-42-45(60)58-32-51(31-53,33-67-46(42)58)48(62)63-43(35-20-10-5-11-21-35)36-22-12-6-13-23-36/h5-30,42-43,46H,1,31-33H2,2-4H3,(H,54,56)(H,55,59)/t42?,46-,51?/m1/s1. The number of ether oxygens (including phenoxy) is 2. The highest BCUT2D eigenvalue weighted by molar-refractivity contribution is 14.1. The number of rotatable bonds is 16. The predicted octanol–water partition coefficient (Wildman–Crippen LogP) is 9.28. The molecule has 2 amide bonds. The highest BCUT2D eigenvalue weighted by Gasteiger charge is 2.58. The summed E-state index contributed by atoms with van der Waals surface area (Å²) in [5.74, 6) is -2.53. The number of nitrogens with zero attached hydrogens (tertiary/aromatic N) is 3. The number of oxime groups is 1. The molecular formula is C52H48IN5O7S2. The Bertz CT molecular complexity index is 2620. The number of benzene rings is 5. The Balaban J connectivity index is 1.05. The third kappa shape index (κ3) is 10.2. The van der Waals surface area contributed by atoms with Crippen LogP contribution in [0.3, 0.4) is 0 Å². The fourth-order valence-electron chi connectivity index (χ4n) is 7.97. The van der Waals surface area contributed by atoms with Crippen LogP contribution < -0.4 is 10.6 Å². The van der Waals surface area contributed by atoms with Crippen LogP contribution in [0.2, 0.25) is 0 Å². The second-order valence-corrected chi connectivity index (χ2v) is 19.8. The third-order valence-corrected chi connectivity index (χ3v) is 15.1. The molecule has 3 heterocycles. The van der Waals surface area contributed by atoms with Gasteiger partial charge in [-0.15, -0.1) is 23.1 Å². The number of hydrogen-bond donors (Lipinski definition) is 2. The Hall–Kier alpha value is -6.30. The Morgan fingerprint density at radius 3 is 1.84 bits per heavy atom. The number of anilines is 1. The number of halogens is 1. The first-order chi connectivity index (χ1) is 32.3. The first-order valence-corrected chi connectivity index (χ1v) is 24.9. The van der Waals surface area contributed by atoms with Gasteiger partial charge < -0.3 is 29.8 Å². The summed E-state index contributed by atoms with van der Waals surface area (Å²) in [4.78, 5) is 67.6. The summed E-state index contributed by atoms with van der Waals surface area (Å²) in [6.07, 6.45) is -0.643. The largest absolute Gasteiger partial charge is 0.454 e. The number of carbonyl (C=O) groups excluding carboxylic acids is 4. The molecule has 1 aromatic heterocycles. The normalized spacial score (nSPS) is 18.3. The van der Waals surface area contributed by atoms with E-state index in [1.165, 1.54) is 23.1 Å². The summed E-state index contributed by atoms with van der Waals surface area (Å²) >= 11 is 4.82. The number of carbonyl (C=O) groups is 4. The average Bonchev–Trinajstić information content (AvgIpc) is 3.82. The van der Waals surface area contributed by atoms with Crippen molar-refractivity contribution < 1.29 is 33.5 Å². The van der Waals surface area contributed by atoms with E-state index in [9.17, 15) is 19.2 Å². The lowest BCUT2D eigenvalue weighted by Crippen LogP contribution is -2.74. The van der Waals surface area contributed by atoms with E-state index in [1.54, 1.807) is 31.1 Å². The second kappa shape index (κ2) is 20.3. The van der Waals surface area contributed by atoms with Crippen molar-refractivity contribution >= 4 is 80.3 Å². The van der Waals surface area contributed by atoms with E-state index in [0.29, 0.717) is 15.3 Å². The van der Waals surface area contributed by atoms with E-state index in [1.807, 2.05) is 152 Å². The number of hydrogen-bond acceptors (Lipinski definition) is 12. The molecule has 0 bridgehead atoms. The quantitative estimate of drug-likeness (QED) is 0.0111. The van der Waals surface area contributed by atoms with Crippen LogP contribution in [0.4, 0.5) is 5.13 Å². The van der Waals surface area contributed by atoms with Gasteiger partial charge in [0.25, 0.3) is 5.91 Å². The van der Waals surface area contributed by atoms with E-state index in [4.69, 9.17) is 19.3 Å². The summed E-state index contributed by atoms with van der Waals surface area (Å²) in [5, 5.41) is 12.3. The van der Waals surface area contributed by atoms with E-state index < -0.39 is 57.7 Å². The predicted molar refractivity (Wildman–Crippen MR) is 270 cm³/mol. The first-order valence-electron chi connectivity index (χ1n) is 21.5.